The first-order chi connectivity index (χ1) is 13.1. The van der Waals surface area contributed by atoms with Gasteiger partial charge in [-0.25, -0.2) is 13.2 Å². The second kappa shape index (κ2) is 7.14. The number of aromatic nitrogens is 1. The van der Waals surface area contributed by atoms with Crippen LogP contribution in [0.4, 0.5) is 0 Å². The lowest BCUT2D eigenvalue weighted by Crippen LogP contribution is -2.42. The molecule has 0 spiro atoms. The minimum Gasteiger partial charge on any atom is -0.461 e. The summed E-state index contributed by atoms with van der Waals surface area (Å²) in [4.78, 5) is 23.9. The molecule has 1 unspecified atom stereocenters. The largest absolute Gasteiger partial charge is 0.461 e. The number of sulfone groups is 1. The van der Waals surface area contributed by atoms with Crippen LogP contribution in [0.5, 0.6) is 0 Å². The molecule has 1 aliphatic carbocycles. The fraction of sp³-hybridized carbons (Fsp3) is 0.421. The van der Waals surface area contributed by atoms with Gasteiger partial charge in [0.1, 0.15) is 10.4 Å². The molecule has 0 aliphatic heterocycles. The topological polar surface area (TPSA) is 130 Å². The quantitative estimate of drug-likeness (QED) is 0.547. The Kier molecular flexibility index (Phi) is 5.16. The van der Waals surface area contributed by atoms with E-state index in [4.69, 9.17) is 15.0 Å². The Hall–Kier alpha value is -2.52. The van der Waals surface area contributed by atoms with Crippen molar-refractivity contribution in [1.29, 1.82) is 0 Å². The van der Waals surface area contributed by atoms with Crippen LogP contribution in [0.1, 0.15) is 70.3 Å². The highest BCUT2D eigenvalue weighted by Crippen LogP contribution is 2.43. The van der Waals surface area contributed by atoms with Crippen molar-refractivity contribution in [2.75, 3.05) is 12.9 Å². The van der Waals surface area contributed by atoms with E-state index >= 15 is 0 Å². The van der Waals surface area contributed by atoms with E-state index < -0.39 is 26.5 Å². The van der Waals surface area contributed by atoms with Crippen molar-refractivity contribution in [1.82, 2.24) is 5.16 Å². The first-order valence-electron chi connectivity index (χ1n) is 8.89. The van der Waals surface area contributed by atoms with Gasteiger partial charge in [0, 0.05) is 17.7 Å². The molecule has 3 rings (SSSR count). The highest BCUT2D eigenvalue weighted by molar-refractivity contribution is 7.91. The van der Waals surface area contributed by atoms with Gasteiger partial charge in [0.05, 0.1) is 6.61 Å². The Morgan fingerprint density at radius 3 is 2.54 bits per heavy atom. The Balaban J connectivity index is 2.17. The van der Waals surface area contributed by atoms with Crippen molar-refractivity contribution < 1.29 is 27.3 Å². The van der Waals surface area contributed by atoms with Gasteiger partial charge in [-0.05, 0) is 32.3 Å². The number of rotatable bonds is 7. The van der Waals surface area contributed by atoms with Crippen LogP contribution >= 0.6 is 0 Å². The van der Waals surface area contributed by atoms with Crippen molar-refractivity contribution in [3.05, 3.63) is 52.4 Å². The van der Waals surface area contributed by atoms with Crippen LogP contribution < -0.4 is 5.73 Å². The number of carbonyl (C=O) groups is 2. The Bertz CT molecular complexity index is 1030. The molecule has 8 nitrogen and oxygen atoms in total. The molecule has 0 radical (unpaired) electrons. The maximum absolute atomic E-state index is 13.4. The Labute approximate surface area is 162 Å². The molecule has 1 aromatic heterocycles. The zero-order chi connectivity index (χ0) is 20.7. The monoisotopic (exact) mass is 406 g/mol. The average Bonchev–Trinajstić information content (AvgIpc) is 3.38. The van der Waals surface area contributed by atoms with E-state index in [-0.39, 0.29) is 34.9 Å². The number of nitrogens with zero attached hydrogens (tertiary/aromatic N) is 1. The lowest BCUT2D eigenvalue weighted by atomic mass is 9.93. The summed E-state index contributed by atoms with van der Waals surface area (Å²) >= 11 is 0. The first kappa shape index (κ1) is 20.2. The molecule has 1 aromatic carbocycles. The summed E-state index contributed by atoms with van der Waals surface area (Å²) in [7, 11) is -3.73. The van der Waals surface area contributed by atoms with Gasteiger partial charge in [0.2, 0.25) is 5.69 Å². The number of benzene rings is 1. The van der Waals surface area contributed by atoms with Gasteiger partial charge in [-0.2, -0.15) is 0 Å². The molecule has 150 valence electrons. The van der Waals surface area contributed by atoms with E-state index in [0.29, 0.717) is 5.76 Å². The van der Waals surface area contributed by atoms with Crippen molar-refractivity contribution >= 4 is 21.6 Å². The fourth-order valence-electron chi connectivity index (χ4n) is 2.93. The number of hydrogen-bond acceptors (Lipinski definition) is 8. The number of ether oxygens (including phenoxy) is 1. The van der Waals surface area contributed by atoms with E-state index in [1.807, 2.05) is 0 Å². The van der Waals surface area contributed by atoms with E-state index in [9.17, 15) is 18.0 Å². The number of hydrogen-bond donors (Lipinski definition) is 1. The lowest BCUT2D eigenvalue weighted by Gasteiger charge is -2.25. The fourth-order valence-corrected chi connectivity index (χ4v) is 3.51. The second-order valence-electron chi connectivity index (χ2n) is 7.02. The molecule has 9 heteroatoms. The van der Waals surface area contributed by atoms with Crippen LogP contribution in [0, 0.1) is 0 Å². The molecule has 0 saturated heterocycles. The molecule has 1 saturated carbocycles. The maximum Gasteiger partial charge on any atom is 0.361 e. The highest BCUT2D eigenvalue weighted by atomic mass is 32.2. The number of ketones is 1. The Morgan fingerprint density at radius 2 is 1.96 bits per heavy atom. The standard InChI is InChI=1S/C19H22N2O6S/c1-4-26-18(23)15-14(17(27-21-15)11-9-10-11)16(22)12-7-5-6-8-13(12)19(2,20)28(3,24)25/h5-8,11H,4,9-10,20H2,1-3H3. The number of carbonyl (C=O) groups excluding carboxylic acids is 2. The summed E-state index contributed by atoms with van der Waals surface area (Å²) in [5.74, 6) is -1.01. The minimum atomic E-state index is -3.73. The molecule has 1 atom stereocenters. The van der Waals surface area contributed by atoms with Crippen LogP contribution in [0.25, 0.3) is 0 Å². The molecule has 1 heterocycles. The molecule has 1 fully saturated rings. The van der Waals surface area contributed by atoms with Gasteiger partial charge in [0.25, 0.3) is 0 Å². The van der Waals surface area contributed by atoms with Gasteiger partial charge >= 0.3 is 5.97 Å². The van der Waals surface area contributed by atoms with Crippen LogP contribution in [0.3, 0.4) is 0 Å². The predicted molar refractivity (Wildman–Crippen MR) is 101 cm³/mol. The van der Waals surface area contributed by atoms with Gasteiger partial charge < -0.3 is 15.0 Å². The van der Waals surface area contributed by atoms with Gasteiger partial charge in [-0.1, -0.05) is 29.4 Å². The predicted octanol–water partition coefficient (Wildman–Crippen LogP) is 2.14. The summed E-state index contributed by atoms with van der Waals surface area (Å²) in [5.41, 5.74) is 6.11. The van der Waals surface area contributed by atoms with E-state index in [1.165, 1.54) is 19.1 Å². The summed E-state index contributed by atoms with van der Waals surface area (Å²) in [6, 6.07) is 6.17. The van der Waals surface area contributed by atoms with Gasteiger partial charge in [0.15, 0.2) is 21.4 Å². The van der Waals surface area contributed by atoms with Crippen molar-refractivity contribution in [2.24, 2.45) is 5.73 Å². The zero-order valence-corrected chi connectivity index (χ0v) is 16.7. The molecular weight excluding hydrogens is 384 g/mol. The molecule has 2 aromatic rings. The van der Waals surface area contributed by atoms with E-state index in [1.54, 1.807) is 19.1 Å². The third-order valence-corrected chi connectivity index (χ3v) is 6.60. The molecule has 0 bridgehead atoms. The van der Waals surface area contributed by atoms with Crippen molar-refractivity contribution in [2.45, 2.75) is 37.5 Å². The zero-order valence-electron chi connectivity index (χ0n) is 15.9. The number of nitrogens with two attached hydrogens (primary N) is 1. The van der Waals surface area contributed by atoms with Crippen LogP contribution in [0.15, 0.2) is 28.8 Å². The smallest absolute Gasteiger partial charge is 0.361 e. The average molecular weight is 406 g/mol. The molecule has 1 aliphatic rings. The second-order valence-corrected chi connectivity index (χ2v) is 9.41. The SMILES string of the molecule is CCOC(=O)c1noc(C2CC2)c1C(=O)c1ccccc1C(C)(N)S(C)(=O)=O. The summed E-state index contributed by atoms with van der Waals surface area (Å²) in [5, 5.41) is 3.76. The van der Waals surface area contributed by atoms with Gasteiger partial charge in [-0.3, -0.25) is 4.79 Å². The lowest BCUT2D eigenvalue weighted by molar-refractivity contribution is 0.0512. The minimum absolute atomic E-state index is 0.000886. The molecule has 2 N–H and O–H groups in total. The van der Waals surface area contributed by atoms with Crippen molar-refractivity contribution in [3.8, 4) is 0 Å². The third-order valence-electron chi connectivity index (χ3n) is 4.84. The highest BCUT2D eigenvalue weighted by Gasteiger charge is 2.41. The molecule has 28 heavy (non-hydrogen) atoms. The van der Waals surface area contributed by atoms with E-state index in [2.05, 4.69) is 5.16 Å². The summed E-state index contributed by atoms with van der Waals surface area (Å²) in [6.07, 6.45) is 2.64. The van der Waals surface area contributed by atoms with Crippen LogP contribution in [0.2, 0.25) is 0 Å². The number of esters is 1. The Morgan fingerprint density at radius 1 is 1.32 bits per heavy atom. The molecular formula is C19H22N2O6S. The first-order valence-corrected chi connectivity index (χ1v) is 10.8. The van der Waals surface area contributed by atoms with Crippen LogP contribution in [-0.2, 0) is 19.4 Å². The van der Waals surface area contributed by atoms with Crippen LogP contribution in [-0.4, -0.2) is 38.2 Å². The third kappa shape index (κ3) is 3.47. The van der Waals surface area contributed by atoms with E-state index in [0.717, 1.165) is 19.1 Å². The summed E-state index contributed by atoms with van der Waals surface area (Å²) in [6.45, 7) is 3.09. The van der Waals surface area contributed by atoms with Crippen molar-refractivity contribution in [3.63, 3.8) is 0 Å². The van der Waals surface area contributed by atoms with Gasteiger partial charge in [-0.15, -0.1) is 0 Å². The molecule has 0 amide bonds. The normalized spacial score (nSPS) is 16.4. The maximum atomic E-state index is 13.4. The summed E-state index contributed by atoms with van der Waals surface area (Å²) < 4.78 is 34.7.